The van der Waals surface area contributed by atoms with Crippen LogP contribution in [0.15, 0.2) is 71.1 Å². The van der Waals surface area contributed by atoms with E-state index >= 15 is 0 Å². The summed E-state index contributed by atoms with van der Waals surface area (Å²) in [4.78, 5) is 22.5. The van der Waals surface area contributed by atoms with E-state index in [0.29, 0.717) is 17.6 Å². The monoisotopic (exact) mass is 430 g/mol. The first-order chi connectivity index (χ1) is 15.4. The maximum absolute atomic E-state index is 10.5. The lowest BCUT2D eigenvalue weighted by atomic mass is 9.97. The highest BCUT2D eigenvalue weighted by Crippen LogP contribution is 2.23. The molecule has 0 radical (unpaired) electrons. The molecule has 2 rings (SSSR count). The van der Waals surface area contributed by atoms with E-state index in [4.69, 9.17) is 5.73 Å². The average molecular weight is 431 g/mol. The molecule has 32 heavy (non-hydrogen) atoms. The van der Waals surface area contributed by atoms with Gasteiger partial charge in [0, 0.05) is 55.1 Å². The number of nitrogens with two attached hydrogens (primary N) is 1. The van der Waals surface area contributed by atoms with E-state index in [1.165, 1.54) is 0 Å². The number of aryl methyl sites for hydroxylation is 1. The topological polar surface area (TPSA) is 99.7 Å². The number of aromatic nitrogens is 2. The molecule has 0 fully saturated rings. The van der Waals surface area contributed by atoms with Gasteiger partial charge in [-0.1, -0.05) is 18.7 Å². The summed E-state index contributed by atoms with van der Waals surface area (Å²) in [6.45, 7) is 10.1. The second-order valence-electron chi connectivity index (χ2n) is 7.30. The summed E-state index contributed by atoms with van der Waals surface area (Å²) in [7, 11) is 1.90. The van der Waals surface area contributed by atoms with Crippen LogP contribution in [-0.4, -0.2) is 41.2 Å². The van der Waals surface area contributed by atoms with E-state index < -0.39 is 0 Å². The first-order valence-electron chi connectivity index (χ1n) is 10.3. The molecular weight excluding hydrogens is 400 g/mol. The molecule has 0 aliphatic heterocycles. The molecule has 7 nitrogen and oxygen atoms in total. The fourth-order valence-corrected chi connectivity index (χ4v) is 3.11. The number of carbonyl (C=O) groups excluding carboxylic acids is 1. The Hall–Kier alpha value is -3.96. The van der Waals surface area contributed by atoms with Gasteiger partial charge in [0.25, 0.3) is 0 Å². The minimum absolute atomic E-state index is 0.435. The van der Waals surface area contributed by atoms with Gasteiger partial charge in [0.1, 0.15) is 17.6 Å². The average Bonchev–Trinajstić information content (AvgIpc) is 2.78. The molecule has 3 N–H and O–H groups in total. The van der Waals surface area contributed by atoms with Gasteiger partial charge in [-0.25, -0.2) is 9.79 Å². The Morgan fingerprint density at radius 1 is 1.34 bits per heavy atom. The van der Waals surface area contributed by atoms with Gasteiger partial charge in [-0.05, 0) is 61.8 Å². The highest BCUT2D eigenvalue weighted by Gasteiger charge is 2.09. The van der Waals surface area contributed by atoms with Crippen molar-refractivity contribution in [2.45, 2.75) is 26.2 Å². The van der Waals surface area contributed by atoms with Crippen LogP contribution in [0.4, 0.5) is 0 Å². The van der Waals surface area contributed by atoms with E-state index in [2.05, 4.69) is 39.4 Å². The van der Waals surface area contributed by atoms with Crippen LogP contribution in [0.2, 0.25) is 0 Å². The number of hydrazone groups is 1. The van der Waals surface area contributed by atoms with Crippen molar-refractivity contribution in [2.75, 3.05) is 13.6 Å². The van der Waals surface area contributed by atoms with E-state index in [-0.39, 0.29) is 0 Å². The minimum atomic E-state index is 0.435. The van der Waals surface area contributed by atoms with E-state index in [0.717, 1.165) is 53.8 Å². The third-order valence-corrected chi connectivity index (χ3v) is 4.66. The molecule has 0 unspecified atom stereocenters. The molecular formula is C25H30N6O. The molecule has 0 aliphatic carbocycles. The Bertz CT molecular complexity index is 1120. The van der Waals surface area contributed by atoms with Crippen molar-refractivity contribution in [2.24, 2.45) is 15.8 Å². The van der Waals surface area contributed by atoms with E-state index in [1.807, 2.05) is 55.4 Å². The number of pyridine rings is 2. The molecule has 0 spiro atoms. The standard InChI is InChI=1S/C25H30N6O/c1-19(26)11-13-24-23(12-14-25(30-24)28-15-17-32)21(9-5-6-16-31(4)27-3)18-22-10-7-8-20(2)29-22/h7-15H,1,3,5-6,16,18,26H2,2,4H3,(H,28,30)/b13-11+,21-9?. The zero-order chi connectivity index (χ0) is 23.3. The first kappa shape index (κ1) is 24.3. The van der Waals surface area contributed by atoms with Crippen molar-refractivity contribution in [1.82, 2.24) is 15.0 Å². The van der Waals surface area contributed by atoms with Crippen LogP contribution in [0.25, 0.3) is 11.6 Å². The number of nitrogens with one attached hydrogen (secondary N) is 1. The van der Waals surface area contributed by atoms with Gasteiger partial charge in [0.05, 0.1) is 0 Å². The molecule has 2 aromatic rings. The number of unbranched alkanes of at least 4 members (excludes halogenated alkanes) is 1. The lowest BCUT2D eigenvalue weighted by molar-refractivity contribution is 0.353. The molecule has 2 aromatic heterocycles. The zero-order valence-corrected chi connectivity index (χ0v) is 18.7. The number of H-pyrrole nitrogens is 1. The molecule has 0 saturated heterocycles. The highest BCUT2D eigenvalue weighted by atomic mass is 16.1. The number of allylic oxidation sites excluding steroid dienone is 3. The highest BCUT2D eigenvalue weighted by molar-refractivity contribution is 5.74. The number of rotatable bonds is 11. The summed E-state index contributed by atoms with van der Waals surface area (Å²) in [5, 5.41) is 5.73. The molecule has 0 aliphatic rings. The van der Waals surface area contributed by atoms with Gasteiger partial charge >= 0.3 is 0 Å². The second-order valence-corrected chi connectivity index (χ2v) is 7.30. The van der Waals surface area contributed by atoms with Crippen LogP contribution in [0, 0.1) is 6.92 Å². The summed E-state index contributed by atoms with van der Waals surface area (Å²) in [5.74, 6) is 1.66. The van der Waals surface area contributed by atoms with Gasteiger partial charge in [0.15, 0.2) is 0 Å². The van der Waals surface area contributed by atoms with Crippen LogP contribution in [0.3, 0.4) is 0 Å². The molecule has 0 saturated carbocycles. The predicted molar refractivity (Wildman–Crippen MR) is 131 cm³/mol. The molecule has 0 amide bonds. The summed E-state index contributed by atoms with van der Waals surface area (Å²) < 4.78 is 0. The van der Waals surface area contributed by atoms with Crippen LogP contribution in [-0.2, 0) is 11.2 Å². The Balaban J connectivity index is 2.50. The lowest BCUT2D eigenvalue weighted by Crippen LogP contribution is -2.11. The Labute approximate surface area is 189 Å². The minimum Gasteiger partial charge on any atom is -0.399 e. The summed E-state index contributed by atoms with van der Waals surface area (Å²) in [5.41, 5.74) is 11.6. The quantitative estimate of drug-likeness (QED) is 0.188. The van der Waals surface area contributed by atoms with Crippen molar-refractivity contribution < 1.29 is 4.79 Å². The predicted octanol–water partition coefficient (Wildman–Crippen LogP) is 3.40. The molecule has 0 aromatic carbocycles. The molecule has 0 bridgehead atoms. The molecule has 2 heterocycles. The van der Waals surface area contributed by atoms with Crippen molar-refractivity contribution in [1.29, 1.82) is 0 Å². The normalized spacial score (nSPS) is 11.9. The van der Waals surface area contributed by atoms with Crippen molar-refractivity contribution >= 4 is 24.3 Å². The van der Waals surface area contributed by atoms with Crippen LogP contribution < -0.4 is 11.2 Å². The number of hydrogen-bond acceptors (Lipinski definition) is 6. The smallest absolute Gasteiger partial charge is 0.144 e. The zero-order valence-electron chi connectivity index (χ0n) is 18.7. The first-order valence-corrected chi connectivity index (χ1v) is 10.3. The molecule has 0 atom stereocenters. The Morgan fingerprint density at radius 2 is 2.16 bits per heavy atom. The van der Waals surface area contributed by atoms with Crippen LogP contribution >= 0.6 is 0 Å². The van der Waals surface area contributed by atoms with E-state index in [9.17, 15) is 4.79 Å². The largest absolute Gasteiger partial charge is 0.399 e. The second kappa shape index (κ2) is 12.7. The van der Waals surface area contributed by atoms with Crippen molar-refractivity contribution in [3.8, 4) is 0 Å². The molecule has 166 valence electrons. The SMILES string of the molecule is C=NN(C)CCCC=C(Cc1cccc(C)n1)c1cc/c(=N/C=C=O)[nH]c1/C=C/C(=C)N. The van der Waals surface area contributed by atoms with Crippen molar-refractivity contribution in [3.63, 3.8) is 0 Å². The van der Waals surface area contributed by atoms with Crippen LogP contribution in [0.1, 0.15) is 35.5 Å². The lowest BCUT2D eigenvalue weighted by Gasteiger charge is -2.14. The summed E-state index contributed by atoms with van der Waals surface area (Å²) >= 11 is 0. The maximum Gasteiger partial charge on any atom is 0.144 e. The third-order valence-electron chi connectivity index (χ3n) is 4.66. The number of nitrogens with zero attached hydrogens (tertiary/aromatic N) is 4. The van der Waals surface area contributed by atoms with Gasteiger partial charge in [-0.2, -0.15) is 5.10 Å². The summed E-state index contributed by atoms with van der Waals surface area (Å²) in [6, 6.07) is 9.82. The van der Waals surface area contributed by atoms with Gasteiger partial charge < -0.3 is 15.7 Å². The van der Waals surface area contributed by atoms with Crippen LogP contribution in [0.5, 0.6) is 0 Å². The fraction of sp³-hybridized carbons (Fsp3) is 0.240. The summed E-state index contributed by atoms with van der Waals surface area (Å²) in [6.07, 6.45) is 9.36. The fourth-order valence-electron chi connectivity index (χ4n) is 3.11. The van der Waals surface area contributed by atoms with E-state index in [1.54, 1.807) is 12.0 Å². The Kier molecular flexibility index (Phi) is 9.63. The third kappa shape index (κ3) is 8.05. The van der Waals surface area contributed by atoms with Crippen molar-refractivity contribution in [3.05, 3.63) is 89.1 Å². The molecule has 7 heteroatoms. The van der Waals surface area contributed by atoms with Gasteiger partial charge in [0.2, 0.25) is 0 Å². The van der Waals surface area contributed by atoms with Gasteiger partial charge in [-0.15, -0.1) is 0 Å². The van der Waals surface area contributed by atoms with Gasteiger partial charge in [-0.3, -0.25) is 4.98 Å². The Morgan fingerprint density at radius 3 is 2.84 bits per heavy atom. The number of aromatic amines is 1. The number of hydrogen-bond donors (Lipinski definition) is 2. The maximum atomic E-state index is 10.5.